The lowest BCUT2D eigenvalue weighted by Crippen LogP contribution is -2.30. The number of anilines is 1. The molecule has 0 aromatic heterocycles. The number of rotatable bonds is 7. The largest absolute Gasteiger partial charge is 0.497 e. The zero-order valence-corrected chi connectivity index (χ0v) is 15.4. The van der Waals surface area contributed by atoms with Crippen molar-refractivity contribution in [3.8, 4) is 5.75 Å². The first-order valence-corrected chi connectivity index (χ1v) is 8.17. The Morgan fingerprint density at radius 3 is 2.58 bits per heavy atom. The molecule has 0 atom stereocenters. The Bertz CT molecular complexity index is 820. The van der Waals surface area contributed by atoms with Crippen LogP contribution in [0.15, 0.2) is 36.4 Å². The third kappa shape index (κ3) is 5.03. The van der Waals surface area contributed by atoms with Gasteiger partial charge in [0.2, 0.25) is 5.91 Å². The highest BCUT2D eigenvalue weighted by Gasteiger charge is 2.18. The Morgan fingerprint density at radius 2 is 1.92 bits per heavy atom. The second-order valence-electron chi connectivity index (χ2n) is 6.28. The maximum atomic E-state index is 12.3. The van der Waals surface area contributed by atoms with Gasteiger partial charge in [0.1, 0.15) is 11.4 Å². The normalized spacial score (nSPS) is 10.7. The minimum absolute atomic E-state index is 0.100. The molecular weight excluding hydrogens is 334 g/mol. The van der Waals surface area contributed by atoms with Gasteiger partial charge in [-0.05, 0) is 55.8 Å². The monoisotopic (exact) mass is 357 g/mol. The Morgan fingerprint density at radius 1 is 1.23 bits per heavy atom. The predicted octanol–water partition coefficient (Wildman–Crippen LogP) is 3.29. The van der Waals surface area contributed by atoms with Gasteiger partial charge in [-0.15, -0.1) is 0 Å². The molecule has 0 aliphatic rings. The van der Waals surface area contributed by atoms with Gasteiger partial charge in [0.05, 0.1) is 18.6 Å². The molecule has 0 unspecified atom stereocenters. The topological polar surface area (TPSA) is 84.7 Å². The van der Waals surface area contributed by atoms with Gasteiger partial charge in [-0.1, -0.05) is 12.1 Å². The third-order valence-corrected chi connectivity index (χ3v) is 4.08. The van der Waals surface area contributed by atoms with E-state index in [1.54, 1.807) is 20.1 Å². The van der Waals surface area contributed by atoms with Crippen LogP contribution in [0.1, 0.15) is 16.7 Å². The summed E-state index contributed by atoms with van der Waals surface area (Å²) in [5, 5.41) is 13.9. The van der Waals surface area contributed by atoms with Gasteiger partial charge in [-0.2, -0.15) is 0 Å². The standard InChI is InChI=1S/C19H23N3O4/c1-13-8-17(18(22(24)25)9-14(13)2)20-19(23)12-21(3)11-15-6-5-7-16(10-15)26-4/h5-10H,11-12H2,1-4H3,(H,20,23). The van der Waals surface area contributed by atoms with Gasteiger partial charge in [0.25, 0.3) is 5.69 Å². The van der Waals surface area contributed by atoms with Crippen molar-refractivity contribution < 1.29 is 14.5 Å². The molecule has 2 aromatic carbocycles. The fourth-order valence-corrected chi connectivity index (χ4v) is 2.63. The highest BCUT2D eigenvalue weighted by atomic mass is 16.6. The molecular formula is C19H23N3O4. The Labute approximate surface area is 152 Å². The number of methoxy groups -OCH3 is 1. The Hall–Kier alpha value is -2.93. The predicted molar refractivity (Wildman–Crippen MR) is 101 cm³/mol. The first kappa shape index (κ1) is 19.4. The van der Waals surface area contributed by atoms with E-state index < -0.39 is 4.92 Å². The number of hydrogen-bond donors (Lipinski definition) is 1. The van der Waals surface area contributed by atoms with Crippen LogP contribution in [0.2, 0.25) is 0 Å². The van der Waals surface area contributed by atoms with Crippen LogP contribution in [0.25, 0.3) is 0 Å². The number of nitrogens with one attached hydrogen (secondary N) is 1. The average Bonchev–Trinajstić information content (AvgIpc) is 2.57. The van der Waals surface area contributed by atoms with E-state index >= 15 is 0 Å². The first-order chi connectivity index (χ1) is 12.3. The summed E-state index contributed by atoms with van der Waals surface area (Å²) in [4.78, 5) is 24.9. The summed E-state index contributed by atoms with van der Waals surface area (Å²) < 4.78 is 5.19. The number of hydrogen-bond acceptors (Lipinski definition) is 5. The molecule has 138 valence electrons. The molecule has 0 aliphatic carbocycles. The molecule has 0 bridgehead atoms. The van der Waals surface area contributed by atoms with Crippen LogP contribution < -0.4 is 10.1 Å². The number of nitrogens with zero attached hydrogens (tertiary/aromatic N) is 2. The maximum Gasteiger partial charge on any atom is 0.293 e. The smallest absolute Gasteiger partial charge is 0.293 e. The maximum absolute atomic E-state index is 12.3. The van der Waals surface area contributed by atoms with E-state index in [9.17, 15) is 14.9 Å². The molecule has 7 heteroatoms. The molecule has 0 fully saturated rings. The van der Waals surface area contributed by atoms with Crippen molar-refractivity contribution in [2.75, 3.05) is 26.0 Å². The third-order valence-electron chi connectivity index (χ3n) is 4.08. The first-order valence-electron chi connectivity index (χ1n) is 8.17. The van der Waals surface area contributed by atoms with E-state index in [0.29, 0.717) is 6.54 Å². The van der Waals surface area contributed by atoms with Gasteiger partial charge in [-0.3, -0.25) is 19.8 Å². The zero-order chi connectivity index (χ0) is 19.3. The molecule has 0 spiro atoms. The molecule has 26 heavy (non-hydrogen) atoms. The van der Waals surface area contributed by atoms with Crippen molar-refractivity contribution in [2.24, 2.45) is 0 Å². The van der Waals surface area contributed by atoms with Gasteiger partial charge >= 0.3 is 0 Å². The van der Waals surface area contributed by atoms with E-state index in [-0.39, 0.29) is 23.8 Å². The summed E-state index contributed by atoms with van der Waals surface area (Å²) in [6.45, 7) is 4.32. The minimum atomic E-state index is -0.484. The summed E-state index contributed by atoms with van der Waals surface area (Å²) in [5.41, 5.74) is 2.83. The fraction of sp³-hybridized carbons (Fsp3) is 0.316. The van der Waals surface area contributed by atoms with Crippen LogP contribution in [-0.2, 0) is 11.3 Å². The summed E-state index contributed by atoms with van der Waals surface area (Å²) in [7, 11) is 3.42. The number of carbonyl (C=O) groups excluding carboxylic acids is 1. The van der Waals surface area contributed by atoms with Crippen molar-refractivity contribution in [1.29, 1.82) is 0 Å². The second-order valence-corrected chi connectivity index (χ2v) is 6.28. The number of amides is 1. The number of aryl methyl sites for hydroxylation is 2. The molecule has 7 nitrogen and oxygen atoms in total. The van der Waals surface area contributed by atoms with Crippen LogP contribution in [0.3, 0.4) is 0 Å². The lowest BCUT2D eigenvalue weighted by molar-refractivity contribution is -0.384. The van der Waals surface area contributed by atoms with E-state index in [1.165, 1.54) is 6.07 Å². The lowest BCUT2D eigenvalue weighted by Gasteiger charge is -2.17. The molecule has 1 N–H and O–H groups in total. The van der Waals surface area contributed by atoms with E-state index in [4.69, 9.17) is 4.74 Å². The number of carbonyl (C=O) groups is 1. The Kier molecular flexibility index (Phi) is 6.30. The minimum Gasteiger partial charge on any atom is -0.497 e. The van der Waals surface area contributed by atoms with Crippen LogP contribution in [-0.4, -0.2) is 36.4 Å². The van der Waals surface area contributed by atoms with Crippen molar-refractivity contribution in [3.05, 3.63) is 63.2 Å². The molecule has 1 amide bonds. The summed E-state index contributed by atoms with van der Waals surface area (Å²) in [6.07, 6.45) is 0. The molecule has 2 rings (SSSR count). The van der Waals surface area contributed by atoms with Gasteiger partial charge < -0.3 is 10.1 Å². The Balaban J connectivity index is 2.04. The molecule has 0 aliphatic heterocycles. The van der Waals surface area contributed by atoms with E-state index in [1.807, 2.05) is 43.1 Å². The van der Waals surface area contributed by atoms with Crippen LogP contribution in [0, 0.1) is 24.0 Å². The zero-order valence-electron chi connectivity index (χ0n) is 15.4. The van der Waals surface area contributed by atoms with Crippen molar-refractivity contribution in [3.63, 3.8) is 0 Å². The number of nitro groups is 1. The van der Waals surface area contributed by atoms with Gasteiger partial charge in [0, 0.05) is 12.6 Å². The molecule has 0 saturated heterocycles. The van der Waals surface area contributed by atoms with Crippen LogP contribution >= 0.6 is 0 Å². The number of nitro benzene ring substituents is 1. The van der Waals surface area contributed by atoms with E-state index in [0.717, 1.165) is 22.4 Å². The van der Waals surface area contributed by atoms with Gasteiger partial charge in [-0.25, -0.2) is 0 Å². The highest BCUT2D eigenvalue weighted by molar-refractivity contribution is 5.94. The van der Waals surface area contributed by atoms with Crippen molar-refractivity contribution in [2.45, 2.75) is 20.4 Å². The summed E-state index contributed by atoms with van der Waals surface area (Å²) >= 11 is 0. The van der Waals surface area contributed by atoms with E-state index in [2.05, 4.69) is 5.32 Å². The molecule has 2 aromatic rings. The molecule has 0 heterocycles. The number of likely N-dealkylation sites (N-methyl/N-ethyl adjacent to an activating group) is 1. The van der Waals surface area contributed by atoms with Crippen molar-refractivity contribution in [1.82, 2.24) is 4.90 Å². The lowest BCUT2D eigenvalue weighted by atomic mass is 10.1. The SMILES string of the molecule is COc1cccc(CN(C)CC(=O)Nc2cc(C)c(C)cc2[N+](=O)[O-])c1. The molecule has 0 saturated carbocycles. The number of benzene rings is 2. The second kappa shape index (κ2) is 8.44. The van der Waals surface area contributed by atoms with Crippen molar-refractivity contribution >= 4 is 17.3 Å². The quantitative estimate of drug-likeness (QED) is 0.607. The highest BCUT2D eigenvalue weighted by Crippen LogP contribution is 2.27. The van der Waals surface area contributed by atoms with Crippen LogP contribution in [0.4, 0.5) is 11.4 Å². The number of ether oxygens (including phenoxy) is 1. The summed E-state index contributed by atoms with van der Waals surface area (Å²) in [5.74, 6) is 0.452. The molecule has 0 radical (unpaired) electrons. The summed E-state index contributed by atoms with van der Waals surface area (Å²) in [6, 6.07) is 10.7. The fourth-order valence-electron chi connectivity index (χ4n) is 2.63. The van der Waals surface area contributed by atoms with Gasteiger partial charge in [0.15, 0.2) is 0 Å². The average molecular weight is 357 g/mol. The van der Waals surface area contributed by atoms with Crippen LogP contribution in [0.5, 0.6) is 5.75 Å².